The summed E-state index contributed by atoms with van der Waals surface area (Å²) in [7, 11) is 0. The minimum atomic E-state index is 0.643. The minimum Gasteiger partial charge on any atom is -0.371 e. The number of nitrogens with zero attached hydrogens (tertiary/aromatic N) is 1. The molecule has 1 aliphatic heterocycles. The normalized spacial score (nSPS) is 21.3. The molecule has 18 heavy (non-hydrogen) atoms. The van der Waals surface area contributed by atoms with Crippen LogP contribution in [0.2, 0.25) is 0 Å². The number of halogens is 1. The first kappa shape index (κ1) is 13.9. The van der Waals surface area contributed by atoms with Gasteiger partial charge < -0.3 is 10.2 Å². The predicted octanol–water partition coefficient (Wildman–Crippen LogP) is 3.66. The van der Waals surface area contributed by atoms with Gasteiger partial charge in [-0.05, 0) is 56.5 Å². The Labute approximate surface area is 119 Å². The molecule has 2 atom stereocenters. The molecule has 0 aliphatic carbocycles. The van der Waals surface area contributed by atoms with Crippen molar-refractivity contribution in [3.05, 3.63) is 28.7 Å². The summed E-state index contributed by atoms with van der Waals surface area (Å²) in [4.78, 5) is 2.51. The SMILES string of the molecule is CCNC(C)CC1CCN(c2ccc(Br)cc2)C1. The quantitative estimate of drug-likeness (QED) is 0.893. The molecule has 1 heterocycles. The molecule has 3 heteroatoms. The van der Waals surface area contributed by atoms with E-state index in [-0.39, 0.29) is 0 Å². The van der Waals surface area contributed by atoms with Gasteiger partial charge in [0.1, 0.15) is 0 Å². The van der Waals surface area contributed by atoms with E-state index in [9.17, 15) is 0 Å². The van der Waals surface area contributed by atoms with Gasteiger partial charge in [0.2, 0.25) is 0 Å². The highest BCUT2D eigenvalue weighted by atomic mass is 79.9. The first-order valence-electron chi connectivity index (χ1n) is 6.93. The maximum Gasteiger partial charge on any atom is 0.0367 e. The van der Waals surface area contributed by atoms with Crippen LogP contribution in [0.15, 0.2) is 28.7 Å². The topological polar surface area (TPSA) is 15.3 Å². The molecule has 1 fully saturated rings. The van der Waals surface area contributed by atoms with E-state index in [4.69, 9.17) is 0 Å². The van der Waals surface area contributed by atoms with Crippen LogP contribution in [0.5, 0.6) is 0 Å². The smallest absolute Gasteiger partial charge is 0.0367 e. The molecule has 1 saturated heterocycles. The highest BCUT2D eigenvalue weighted by Crippen LogP contribution is 2.27. The van der Waals surface area contributed by atoms with Gasteiger partial charge >= 0.3 is 0 Å². The molecule has 0 bridgehead atoms. The van der Waals surface area contributed by atoms with Gasteiger partial charge in [0, 0.05) is 29.3 Å². The number of hydrogen-bond acceptors (Lipinski definition) is 2. The summed E-state index contributed by atoms with van der Waals surface area (Å²) in [6.07, 6.45) is 2.62. The third-order valence-electron chi connectivity index (χ3n) is 3.72. The zero-order chi connectivity index (χ0) is 13.0. The summed E-state index contributed by atoms with van der Waals surface area (Å²) in [5.41, 5.74) is 1.36. The number of hydrogen-bond donors (Lipinski definition) is 1. The lowest BCUT2D eigenvalue weighted by molar-refractivity contribution is 0.430. The van der Waals surface area contributed by atoms with Crippen molar-refractivity contribution in [2.24, 2.45) is 5.92 Å². The maximum absolute atomic E-state index is 3.51. The van der Waals surface area contributed by atoms with Gasteiger partial charge in [0.15, 0.2) is 0 Å². The number of benzene rings is 1. The van der Waals surface area contributed by atoms with Crippen LogP contribution in [0.4, 0.5) is 5.69 Å². The lowest BCUT2D eigenvalue weighted by Crippen LogP contribution is -2.29. The predicted molar refractivity (Wildman–Crippen MR) is 82.2 cm³/mol. The van der Waals surface area contributed by atoms with Crippen molar-refractivity contribution in [2.75, 3.05) is 24.5 Å². The van der Waals surface area contributed by atoms with Crippen LogP contribution in [0, 0.1) is 5.92 Å². The summed E-state index contributed by atoms with van der Waals surface area (Å²) in [6, 6.07) is 9.32. The Hall–Kier alpha value is -0.540. The van der Waals surface area contributed by atoms with E-state index < -0.39 is 0 Å². The molecule has 1 aliphatic rings. The Bertz CT molecular complexity index is 363. The minimum absolute atomic E-state index is 0.643. The van der Waals surface area contributed by atoms with Gasteiger partial charge in [-0.3, -0.25) is 0 Å². The molecule has 2 unspecified atom stereocenters. The van der Waals surface area contributed by atoms with Crippen molar-refractivity contribution < 1.29 is 0 Å². The molecular formula is C15H23BrN2. The second-order valence-corrected chi connectivity index (χ2v) is 6.19. The fourth-order valence-electron chi connectivity index (χ4n) is 2.84. The van der Waals surface area contributed by atoms with Crippen LogP contribution < -0.4 is 10.2 Å². The largest absolute Gasteiger partial charge is 0.371 e. The molecule has 0 amide bonds. The van der Waals surface area contributed by atoms with Gasteiger partial charge in [-0.25, -0.2) is 0 Å². The Kier molecular flexibility index (Phi) is 5.07. The Balaban J connectivity index is 1.86. The average Bonchev–Trinajstić information content (AvgIpc) is 2.78. The van der Waals surface area contributed by atoms with Crippen LogP contribution in [0.3, 0.4) is 0 Å². The number of rotatable bonds is 5. The average molecular weight is 311 g/mol. The Morgan fingerprint density at radius 2 is 2.11 bits per heavy atom. The molecule has 1 N–H and O–H groups in total. The lowest BCUT2D eigenvalue weighted by atomic mass is 10.0. The van der Waals surface area contributed by atoms with Crippen molar-refractivity contribution in [2.45, 2.75) is 32.7 Å². The fourth-order valence-corrected chi connectivity index (χ4v) is 3.11. The highest BCUT2D eigenvalue weighted by molar-refractivity contribution is 9.10. The zero-order valence-electron chi connectivity index (χ0n) is 11.3. The van der Waals surface area contributed by atoms with Crippen molar-refractivity contribution in [3.63, 3.8) is 0 Å². The van der Waals surface area contributed by atoms with Gasteiger partial charge in [0.05, 0.1) is 0 Å². The van der Waals surface area contributed by atoms with Gasteiger partial charge in [-0.1, -0.05) is 22.9 Å². The third kappa shape index (κ3) is 3.72. The number of nitrogens with one attached hydrogen (secondary N) is 1. The molecule has 0 aromatic heterocycles. The van der Waals surface area contributed by atoms with Crippen LogP contribution in [0.1, 0.15) is 26.7 Å². The number of anilines is 1. The first-order chi connectivity index (χ1) is 8.69. The molecule has 1 aromatic rings. The molecule has 100 valence electrons. The molecule has 1 aromatic carbocycles. The van der Waals surface area contributed by atoms with Crippen molar-refractivity contribution in [1.82, 2.24) is 5.32 Å². The highest BCUT2D eigenvalue weighted by Gasteiger charge is 2.23. The molecule has 0 saturated carbocycles. The van der Waals surface area contributed by atoms with Gasteiger partial charge in [-0.2, -0.15) is 0 Å². The molecule has 2 rings (SSSR count). The lowest BCUT2D eigenvalue weighted by Gasteiger charge is -2.20. The second kappa shape index (κ2) is 6.58. The van der Waals surface area contributed by atoms with Crippen LogP contribution in [-0.2, 0) is 0 Å². The zero-order valence-corrected chi connectivity index (χ0v) is 12.9. The molecule has 0 spiro atoms. The van der Waals surface area contributed by atoms with E-state index in [1.807, 2.05) is 0 Å². The van der Waals surface area contributed by atoms with Crippen molar-refractivity contribution >= 4 is 21.6 Å². The van der Waals surface area contributed by atoms with Crippen LogP contribution >= 0.6 is 15.9 Å². The van der Waals surface area contributed by atoms with E-state index >= 15 is 0 Å². The summed E-state index contributed by atoms with van der Waals surface area (Å²) in [6.45, 7) is 7.96. The molecule has 0 radical (unpaired) electrons. The monoisotopic (exact) mass is 310 g/mol. The van der Waals surface area contributed by atoms with Crippen molar-refractivity contribution in [3.8, 4) is 0 Å². The van der Waals surface area contributed by atoms with Crippen molar-refractivity contribution in [1.29, 1.82) is 0 Å². The maximum atomic E-state index is 3.51. The summed E-state index contributed by atoms with van der Waals surface area (Å²) in [5.74, 6) is 0.836. The Morgan fingerprint density at radius 3 is 2.78 bits per heavy atom. The van der Waals surface area contributed by atoms with Gasteiger partial charge in [-0.15, -0.1) is 0 Å². The van der Waals surface area contributed by atoms with Crippen LogP contribution in [-0.4, -0.2) is 25.7 Å². The van der Waals surface area contributed by atoms with E-state index in [2.05, 4.69) is 64.3 Å². The van der Waals surface area contributed by atoms with E-state index in [1.165, 1.54) is 31.6 Å². The van der Waals surface area contributed by atoms with E-state index in [1.54, 1.807) is 0 Å². The first-order valence-corrected chi connectivity index (χ1v) is 7.72. The molecular weight excluding hydrogens is 288 g/mol. The standard InChI is InChI=1S/C15H23BrN2/c1-3-17-12(2)10-13-8-9-18(11-13)15-6-4-14(16)5-7-15/h4-7,12-13,17H,3,8-11H2,1-2H3. The van der Waals surface area contributed by atoms with E-state index in [0.29, 0.717) is 6.04 Å². The van der Waals surface area contributed by atoms with Crippen LogP contribution in [0.25, 0.3) is 0 Å². The molecule has 2 nitrogen and oxygen atoms in total. The second-order valence-electron chi connectivity index (χ2n) is 5.27. The van der Waals surface area contributed by atoms with Gasteiger partial charge in [0.25, 0.3) is 0 Å². The summed E-state index contributed by atoms with van der Waals surface area (Å²) < 4.78 is 1.16. The third-order valence-corrected chi connectivity index (χ3v) is 4.25. The van der Waals surface area contributed by atoms with E-state index in [0.717, 1.165) is 16.9 Å². The Morgan fingerprint density at radius 1 is 1.39 bits per heavy atom. The fraction of sp³-hybridized carbons (Fsp3) is 0.600. The summed E-state index contributed by atoms with van der Waals surface area (Å²) >= 11 is 3.49. The summed E-state index contributed by atoms with van der Waals surface area (Å²) in [5, 5.41) is 3.51.